The third-order valence-corrected chi connectivity index (χ3v) is 11.7. The number of aromatic hydroxyl groups is 1. The molecule has 0 radical (unpaired) electrons. The van der Waals surface area contributed by atoms with Gasteiger partial charge in [-0.15, -0.1) is 0 Å². The van der Waals surface area contributed by atoms with E-state index in [1.165, 1.54) is 18.4 Å². The topological polar surface area (TPSA) is 187 Å². The average molecular weight is 754 g/mol. The van der Waals surface area contributed by atoms with Crippen LogP contribution < -0.4 is 21.3 Å². The maximum absolute atomic E-state index is 11.7. The van der Waals surface area contributed by atoms with E-state index in [1.807, 2.05) is 72.1 Å². The number of aromatic amines is 1. The van der Waals surface area contributed by atoms with Crippen LogP contribution in [0.2, 0.25) is 0 Å². The molecule has 55 heavy (non-hydrogen) atoms. The van der Waals surface area contributed by atoms with Crippen molar-refractivity contribution in [2.75, 3.05) is 48.3 Å². The fourth-order valence-electron chi connectivity index (χ4n) is 8.82. The number of para-hydroxylation sites is 1. The zero-order chi connectivity index (χ0) is 39.4. The number of H-pyrrole nitrogens is 1. The third kappa shape index (κ3) is 8.03. The molecule has 3 aliphatic heterocycles. The van der Waals surface area contributed by atoms with E-state index in [2.05, 4.69) is 24.8 Å². The van der Waals surface area contributed by atoms with Crippen molar-refractivity contribution in [3.05, 3.63) is 76.4 Å². The van der Waals surface area contributed by atoms with Crippen LogP contribution in [0.3, 0.4) is 0 Å². The number of nitrogens with two attached hydrogens (primary N) is 2. The van der Waals surface area contributed by atoms with Crippen molar-refractivity contribution >= 4 is 35.3 Å². The maximum Gasteiger partial charge on any atom is 0.314 e. The third-order valence-electron chi connectivity index (χ3n) is 11.7. The molecule has 4 aliphatic rings. The number of carboxylic acids is 1. The van der Waals surface area contributed by atoms with Crippen LogP contribution in [0.4, 0.5) is 17.6 Å². The molecule has 3 fully saturated rings. The number of hydrogen-bond donors (Lipinski definition) is 5. The van der Waals surface area contributed by atoms with Gasteiger partial charge < -0.3 is 45.9 Å². The summed E-state index contributed by atoms with van der Waals surface area (Å²) in [6.07, 6.45) is 11.3. The normalized spacial score (nSPS) is 19.1. The van der Waals surface area contributed by atoms with Crippen LogP contribution in [-0.2, 0) is 17.8 Å². The fraction of sp³-hybridized carbons (Fsp3) is 0.524. The summed E-state index contributed by atoms with van der Waals surface area (Å²) in [7, 11) is 0. The Balaban J connectivity index is 0.00000125. The summed E-state index contributed by atoms with van der Waals surface area (Å²) in [6.45, 7) is 17.3. The lowest BCUT2D eigenvalue weighted by Gasteiger charge is -2.61. The van der Waals surface area contributed by atoms with Crippen LogP contribution in [0.15, 0.2) is 47.2 Å². The molecule has 3 aromatic heterocycles. The minimum absolute atomic E-state index is 0.0640. The summed E-state index contributed by atoms with van der Waals surface area (Å²) < 4.78 is 5.46. The lowest BCUT2D eigenvalue weighted by Crippen LogP contribution is -2.67. The molecule has 4 aromatic rings. The number of phenolic OH excluding ortho intramolecular Hbond substituents is 1. The van der Waals surface area contributed by atoms with Crippen molar-refractivity contribution < 1.29 is 19.5 Å². The maximum atomic E-state index is 11.7. The van der Waals surface area contributed by atoms with Crippen molar-refractivity contribution in [3.8, 4) is 5.75 Å². The van der Waals surface area contributed by atoms with Gasteiger partial charge in [0.15, 0.2) is 11.6 Å². The SMILES string of the molecule is CC.CC.CC(C)C(C(=O)O)c1cc(N2CC3(CC(N4CCC(c5cnc(N6CCc7[nH]c(N)c(/C=C(\N)c8ccccc8O)c7C6)nc5)CC4)C3)C2)no1. The minimum atomic E-state index is -0.875. The first kappa shape index (κ1) is 39.6. The summed E-state index contributed by atoms with van der Waals surface area (Å²) in [5.41, 5.74) is 18.4. The number of benzene rings is 1. The number of rotatable bonds is 9. The quantitative estimate of drug-likeness (QED) is 0.120. The Labute approximate surface area is 324 Å². The number of carboxylic acid groups (broad SMARTS) is 1. The summed E-state index contributed by atoms with van der Waals surface area (Å²) in [4.78, 5) is 31.8. The van der Waals surface area contributed by atoms with E-state index in [-0.39, 0.29) is 11.7 Å². The van der Waals surface area contributed by atoms with Crippen LogP contribution >= 0.6 is 0 Å². The molecule has 1 atom stereocenters. The molecule has 13 nitrogen and oxygen atoms in total. The monoisotopic (exact) mass is 753 g/mol. The summed E-state index contributed by atoms with van der Waals surface area (Å²) in [5.74, 6) is 1.44. The van der Waals surface area contributed by atoms with Crippen molar-refractivity contribution in [2.45, 2.75) is 98.1 Å². The van der Waals surface area contributed by atoms with Gasteiger partial charge in [-0.05, 0) is 74.4 Å². The highest BCUT2D eigenvalue weighted by molar-refractivity contribution is 5.86. The number of phenols is 1. The van der Waals surface area contributed by atoms with E-state index in [0.717, 1.165) is 74.6 Å². The second kappa shape index (κ2) is 16.8. The summed E-state index contributed by atoms with van der Waals surface area (Å²) >= 11 is 0. The van der Waals surface area contributed by atoms with E-state index in [0.29, 0.717) is 52.7 Å². The molecule has 2 saturated heterocycles. The highest BCUT2D eigenvalue weighted by Gasteiger charge is 2.54. The zero-order valence-corrected chi connectivity index (χ0v) is 33.3. The largest absolute Gasteiger partial charge is 0.507 e. The molecular formula is C42H59N9O4. The molecule has 13 heteroatoms. The number of hydrogen-bond acceptors (Lipinski definition) is 11. The number of carbonyl (C=O) groups is 1. The van der Waals surface area contributed by atoms with Gasteiger partial charge in [-0.3, -0.25) is 4.79 Å². The molecule has 6 heterocycles. The number of nitrogens with one attached hydrogen (secondary N) is 1. The van der Waals surface area contributed by atoms with Crippen LogP contribution in [0.1, 0.15) is 113 Å². The first-order valence-electron chi connectivity index (χ1n) is 20.1. The number of likely N-dealkylation sites (tertiary alicyclic amines) is 1. The first-order chi connectivity index (χ1) is 26.6. The Morgan fingerprint density at radius 2 is 1.71 bits per heavy atom. The van der Waals surface area contributed by atoms with E-state index in [4.69, 9.17) is 26.0 Å². The van der Waals surface area contributed by atoms with Crippen LogP contribution in [0.5, 0.6) is 5.75 Å². The number of fused-ring (bicyclic) bond motifs is 1. The van der Waals surface area contributed by atoms with E-state index in [9.17, 15) is 15.0 Å². The zero-order valence-electron chi connectivity index (χ0n) is 33.3. The van der Waals surface area contributed by atoms with Crippen molar-refractivity contribution in [1.29, 1.82) is 0 Å². The van der Waals surface area contributed by atoms with Gasteiger partial charge in [-0.2, -0.15) is 0 Å². The van der Waals surface area contributed by atoms with Crippen molar-refractivity contribution in [1.82, 2.24) is 25.0 Å². The Morgan fingerprint density at radius 1 is 1.04 bits per heavy atom. The Hall–Kier alpha value is -5.04. The predicted molar refractivity (Wildman–Crippen MR) is 218 cm³/mol. The standard InChI is InChI=1S/C38H47N9O4.2C2H6/c1-22(2)34(36(49)50)32-14-33(44-51-32)47-20-38(21-47)15-25(16-38)45-10-7-23(8-11-45)24-17-41-37(42-18-24)46-12-9-30-28(19-46)27(35(40)43-30)13-29(39)26-5-3-4-6-31(26)48;2*1-2/h3-6,13-14,17-18,22-23,25,34,43,48H,7-12,15-16,19-21,39-40H2,1-2H3,(H,49,50);2*1-2H3/b29-13-;;. The molecule has 296 valence electrons. The van der Waals surface area contributed by atoms with Gasteiger partial charge in [0, 0.05) is 90.6 Å². The van der Waals surface area contributed by atoms with Gasteiger partial charge in [-0.25, -0.2) is 9.97 Å². The molecule has 7 N–H and O–H groups in total. The molecule has 0 bridgehead atoms. The molecule has 1 unspecified atom stereocenters. The number of nitrogen functional groups attached to an aromatic ring is 1. The van der Waals surface area contributed by atoms with Crippen LogP contribution in [-0.4, -0.2) is 80.0 Å². The van der Waals surface area contributed by atoms with E-state index >= 15 is 0 Å². The molecule has 0 amide bonds. The van der Waals surface area contributed by atoms with Crippen LogP contribution in [0, 0.1) is 11.3 Å². The second-order valence-corrected chi connectivity index (χ2v) is 15.4. The average Bonchev–Trinajstić information content (AvgIpc) is 3.75. The molecule has 1 spiro atoms. The Bertz CT molecular complexity index is 1930. The highest BCUT2D eigenvalue weighted by atomic mass is 16.5. The number of nitrogens with zero attached hydrogens (tertiary/aromatic N) is 6. The minimum Gasteiger partial charge on any atom is -0.507 e. The summed E-state index contributed by atoms with van der Waals surface area (Å²) in [6, 6.07) is 9.46. The van der Waals surface area contributed by atoms with Gasteiger partial charge in [0.1, 0.15) is 17.5 Å². The van der Waals surface area contributed by atoms with Gasteiger partial charge >= 0.3 is 5.97 Å². The van der Waals surface area contributed by atoms with Gasteiger partial charge in [0.05, 0.1) is 0 Å². The predicted octanol–water partition coefficient (Wildman–Crippen LogP) is 6.83. The summed E-state index contributed by atoms with van der Waals surface area (Å²) in [5, 5.41) is 24.1. The lowest BCUT2D eigenvalue weighted by molar-refractivity contribution is -0.140. The van der Waals surface area contributed by atoms with Gasteiger partial charge in [-0.1, -0.05) is 58.8 Å². The van der Waals surface area contributed by atoms with E-state index in [1.54, 1.807) is 18.2 Å². The van der Waals surface area contributed by atoms with Crippen molar-refractivity contribution in [2.24, 2.45) is 17.1 Å². The van der Waals surface area contributed by atoms with Crippen LogP contribution in [0.25, 0.3) is 11.8 Å². The number of piperidine rings is 1. The number of aromatic nitrogens is 4. The smallest absolute Gasteiger partial charge is 0.314 e. The first-order valence-corrected chi connectivity index (χ1v) is 20.1. The number of aliphatic carboxylic acids is 1. The lowest BCUT2D eigenvalue weighted by atomic mass is 9.60. The molecule has 1 saturated carbocycles. The Kier molecular flexibility index (Phi) is 12.1. The molecular weight excluding hydrogens is 695 g/mol. The fourth-order valence-corrected chi connectivity index (χ4v) is 8.82. The van der Waals surface area contributed by atoms with Gasteiger partial charge in [0.25, 0.3) is 0 Å². The molecule has 8 rings (SSSR count). The molecule has 1 aromatic carbocycles. The Morgan fingerprint density at radius 3 is 2.35 bits per heavy atom. The van der Waals surface area contributed by atoms with E-state index < -0.39 is 11.9 Å². The van der Waals surface area contributed by atoms with Crippen molar-refractivity contribution in [3.63, 3.8) is 0 Å². The highest BCUT2D eigenvalue weighted by Crippen LogP contribution is 2.52. The number of anilines is 3. The molecule has 1 aliphatic carbocycles. The second-order valence-electron chi connectivity index (χ2n) is 15.4. The van der Waals surface area contributed by atoms with Gasteiger partial charge in [0.2, 0.25) is 5.95 Å².